The summed E-state index contributed by atoms with van der Waals surface area (Å²) in [5.41, 5.74) is 0. The molecule has 3 fully saturated rings. The van der Waals surface area contributed by atoms with Crippen LogP contribution in [0.3, 0.4) is 0 Å². The minimum Gasteiger partial charge on any atom is -0.387 e. The molecule has 3 saturated heterocycles. The van der Waals surface area contributed by atoms with Gasteiger partial charge in [0.1, 0.15) is 12.6 Å². The van der Waals surface area contributed by atoms with Crippen molar-refractivity contribution in [3.8, 4) is 0 Å². The fraction of sp³-hybridized carbons (Fsp3) is 1.00. The van der Waals surface area contributed by atoms with Crippen molar-refractivity contribution < 1.29 is 22.2 Å². The van der Waals surface area contributed by atoms with Crippen molar-refractivity contribution in [3.63, 3.8) is 0 Å². The van der Waals surface area contributed by atoms with Crippen LogP contribution in [0.1, 0.15) is 25.7 Å². The van der Waals surface area contributed by atoms with Crippen LogP contribution in [0.25, 0.3) is 0 Å². The van der Waals surface area contributed by atoms with Crippen molar-refractivity contribution in [1.29, 1.82) is 0 Å². The summed E-state index contributed by atoms with van der Waals surface area (Å²) in [6, 6.07) is 0. The molecule has 18 heavy (non-hydrogen) atoms. The van der Waals surface area contributed by atoms with Crippen LogP contribution in [-0.4, -0.2) is 63.2 Å². The number of hydrogen-bond donors (Lipinski definition) is 1. The molecule has 0 aliphatic carbocycles. The van der Waals surface area contributed by atoms with Gasteiger partial charge < -0.3 is 9.59 Å². The summed E-state index contributed by atoms with van der Waals surface area (Å²) >= 11 is 0. The van der Waals surface area contributed by atoms with E-state index in [0.29, 0.717) is 12.3 Å². The lowest BCUT2D eigenvalue weighted by Crippen LogP contribution is -2.63. The summed E-state index contributed by atoms with van der Waals surface area (Å²) in [5.74, 6) is 0.619. The quantitative estimate of drug-likeness (QED) is 0.432. The normalized spacial score (nSPS) is 35.9. The van der Waals surface area contributed by atoms with Gasteiger partial charge in [-0.05, 0) is 12.8 Å². The molecule has 0 aromatic carbocycles. The van der Waals surface area contributed by atoms with Gasteiger partial charge in [-0.25, -0.2) is 0 Å². The summed E-state index contributed by atoms with van der Waals surface area (Å²) in [7, 11) is -2.10. The molecule has 1 N–H and O–H groups in total. The van der Waals surface area contributed by atoms with E-state index in [1.165, 1.54) is 7.11 Å². The monoisotopic (exact) mass is 278 g/mol. The number of quaternary nitrogens is 1. The predicted octanol–water partition coefficient (Wildman–Crippen LogP) is 0.344. The Hall–Kier alpha value is -0.170. The smallest absolute Gasteiger partial charge is 0.267 e. The van der Waals surface area contributed by atoms with Gasteiger partial charge in [0.25, 0.3) is 10.1 Å². The maximum Gasteiger partial charge on any atom is 0.267 e. The molecule has 6 heteroatoms. The summed E-state index contributed by atoms with van der Waals surface area (Å²) in [6.45, 7) is 4.15. The Morgan fingerprint density at radius 1 is 1.28 bits per heavy atom. The molecule has 3 aliphatic rings. The second-order valence-corrected chi connectivity index (χ2v) is 7.59. The van der Waals surface area contributed by atoms with E-state index in [1.54, 1.807) is 0 Å². The Bertz CT molecular complexity index is 374. The van der Waals surface area contributed by atoms with Gasteiger partial charge in [-0.1, -0.05) is 0 Å². The number of fused-ring (bicyclic) bond motifs is 3. The van der Waals surface area contributed by atoms with E-state index in [1.807, 2.05) is 0 Å². The van der Waals surface area contributed by atoms with Gasteiger partial charge in [0.15, 0.2) is 0 Å². The number of unbranched alkanes of at least 4 members (excludes halogenated alkanes) is 1. The van der Waals surface area contributed by atoms with Crippen LogP contribution in [0.4, 0.5) is 0 Å². The highest BCUT2D eigenvalue weighted by atomic mass is 32.2. The Kier molecular flexibility index (Phi) is 4.31. The van der Waals surface area contributed by atoms with Gasteiger partial charge in [0, 0.05) is 18.8 Å². The molecule has 5 nitrogen and oxygen atoms in total. The molecule has 1 atom stereocenters. The van der Waals surface area contributed by atoms with Gasteiger partial charge >= 0.3 is 0 Å². The molecule has 3 rings (SSSR count). The molecule has 0 radical (unpaired) electrons. The van der Waals surface area contributed by atoms with Crippen molar-refractivity contribution in [3.05, 3.63) is 0 Å². The highest BCUT2D eigenvalue weighted by molar-refractivity contribution is 7.86. The van der Waals surface area contributed by atoms with E-state index in [0.717, 1.165) is 49.9 Å². The zero-order valence-electron chi connectivity index (χ0n) is 11.0. The summed E-state index contributed by atoms with van der Waals surface area (Å²) < 4.78 is 27.8. The van der Waals surface area contributed by atoms with Gasteiger partial charge in [-0.15, -0.1) is 0 Å². The van der Waals surface area contributed by atoms with Crippen molar-refractivity contribution in [1.82, 2.24) is 0 Å². The van der Waals surface area contributed by atoms with Crippen LogP contribution in [0, 0.1) is 5.92 Å². The molecule has 1 unspecified atom stereocenters. The third-order valence-corrected chi connectivity index (χ3v) is 5.89. The fourth-order valence-electron chi connectivity index (χ4n) is 3.37. The fourth-order valence-corrected chi connectivity index (χ4v) is 4.10. The molecular formula is C12H24NO4S+. The van der Waals surface area contributed by atoms with E-state index in [-0.39, 0.29) is 11.9 Å². The van der Waals surface area contributed by atoms with Crippen LogP contribution >= 0.6 is 0 Å². The zero-order valence-corrected chi connectivity index (χ0v) is 11.9. The van der Waals surface area contributed by atoms with Crippen LogP contribution in [0.2, 0.25) is 0 Å². The Balaban J connectivity index is 1.76. The number of nitrogens with zero attached hydrogens (tertiary/aromatic N) is 1. The maximum absolute atomic E-state index is 11.2. The van der Waals surface area contributed by atoms with Crippen LogP contribution in [-0.2, 0) is 14.3 Å². The first kappa shape index (κ1) is 14.2. The van der Waals surface area contributed by atoms with Crippen LogP contribution in [0.5, 0.6) is 0 Å². The lowest BCUT2D eigenvalue weighted by Gasteiger charge is -2.51. The molecule has 0 saturated carbocycles. The second-order valence-electron chi connectivity index (χ2n) is 5.74. The largest absolute Gasteiger partial charge is 0.387 e. The lowest BCUT2D eigenvalue weighted by atomic mass is 9.83. The van der Waals surface area contributed by atoms with E-state index < -0.39 is 10.1 Å². The van der Waals surface area contributed by atoms with E-state index in [4.69, 9.17) is 0 Å². The zero-order chi connectivity index (χ0) is 13.2. The maximum atomic E-state index is 11.2. The SMILES string of the molecule is COS(=O)(=O)CCCC[N+]12CCC(CC1)C(O)C2. The first-order valence-electron chi connectivity index (χ1n) is 6.78. The van der Waals surface area contributed by atoms with E-state index >= 15 is 0 Å². The van der Waals surface area contributed by atoms with Crippen LogP contribution < -0.4 is 0 Å². The molecule has 0 spiro atoms. The summed E-state index contributed by atoms with van der Waals surface area (Å²) in [6.07, 6.45) is 3.64. The molecule has 0 aromatic heterocycles. The van der Waals surface area contributed by atoms with Crippen molar-refractivity contribution >= 4 is 10.1 Å². The second kappa shape index (κ2) is 5.45. The number of aliphatic hydroxyl groups is 1. The Morgan fingerprint density at radius 2 is 1.94 bits per heavy atom. The molecule has 3 aliphatic heterocycles. The molecule has 2 bridgehead atoms. The average molecular weight is 278 g/mol. The number of aliphatic hydroxyl groups excluding tert-OH is 1. The Morgan fingerprint density at radius 3 is 2.50 bits per heavy atom. The standard InChI is InChI=1S/C12H24NO4S/c1-17-18(15,16)9-3-2-6-13-7-4-11(5-8-13)12(14)10-13/h11-12,14H,2-10H2,1H3/q+1. The summed E-state index contributed by atoms with van der Waals surface area (Å²) in [4.78, 5) is 0. The first-order valence-corrected chi connectivity index (χ1v) is 8.36. The van der Waals surface area contributed by atoms with Gasteiger partial charge in [0.2, 0.25) is 0 Å². The topological polar surface area (TPSA) is 63.6 Å². The molecule has 0 amide bonds. The minimum atomic E-state index is -3.31. The third kappa shape index (κ3) is 3.23. The minimum absolute atomic E-state index is 0.106. The molecule has 0 aromatic rings. The first-order chi connectivity index (χ1) is 8.46. The molecule has 3 heterocycles. The number of piperidine rings is 3. The van der Waals surface area contributed by atoms with E-state index in [2.05, 4.69) is 4.18 Å². The van der Waals surface area contributed by atoms with E-state index in [9.17, 15) is 13.5 Å². The van der Waals surface area contributed by atoms with Gasteiger partial charge in [-0.2, -0.15) is 8.42 Å². The average Bonchev–Trinajstić information content (AvgIpc) is 2.36. The Labute approximate surface area is 109 Å². The lowest BCUT2D eigenvalue weighted by molar-refractivity contribution is -0.946. The highest BCUT2D eigenvalue weighted by Crippen LogP contribution is 2.34. The number of rotatable bonds is 6. The third-order valence-electron chi connectivity index (χ3n) is 4.60. The number of hydrogen-bond acceptors (Lipinski definition) is 4. The van der Waals surface area contributed by atoms with Crippen molar-refractivity contribution in [2.24, 2.45) is 5.92 Å². The molecule has 106 valence electrons. The predicted molar refractivity (Wildman–Crippen MR) is 68.5 cm³/mol. The molecular weight excluding hydrogens is 254 g/mol. The van der Waals surface area contributed by atoms with Crippen molar-refractivity contribution in [2.45, 2.75) is 31.8 Å². The van der Waals surface area contributed by atoms with Crippen LogP contribution in [0.15, 0.2) is 0 Å². The van der Waals surface area contributed by atoms with Crippen molar-refractivity contribution in [2.75, 3.05) is 39.0 Å². The van der Waals surface area contributed by atoms with Gasteiger partial charge in [-0.3, -0.25) is 4.18 Å². The summed E-state index contributed by atoms with van der Waals surface area (Å²) in [5, 5.41) is 9.96. The van der Waals surface area contributed by atoms with Gasteiger partial charge in [0.05, 0.1) is 32.5 Å². The highest BCUT2D eigenvalue weighted by Gasteiger charge is 2.44.